The summed E-state index contributed by atoms with van der Waals surface area (Å²) in [5, 5.41) is 20.9. The second kappa shape index (κ2) is 5.77. The van der Waals surface area contributed by atoms with E-state index in [-0.39, 0.29) is 13.2 Å². The highest BCUT2D eigenvalue weighted by molar-refractivity contribution is 5.94. The van der Waals surface area contributed by atoms with Crippen LogP contribution in [0.5, 0.6) is 0 Å². The van der Waals surface area contributed by atoms with E-state index in [9.17, 15) is 10.2 Å². The van der Waals surface area contributed by atoms with Crippen molar-refractivity contribution in [3.63, 3.8) is 0 Å². The standard InChI is InChI=1S/C16H20N2O2/c19-9-8-18(13-4-3-5-13)16-15-7-2-1-6-14(15)12(11-20)10-17-16/h1-2,6-7,10,13,19-20H,3-5,8-9,11H2. The summed E-state index contributed by atoms with van der Waals surface area (Å²) in [6, 6.07) is 8.51. The van der Waals surface area contributed by atoms with Crippen molar-refractivity contribution < 1.29 is 10.2 Å². The van der Waals surface area contributed by atoms with Crippen molar-refractivity contribution in [2.75, 3.05) is 18.1 Å². The van der Waals surface area contributed by atoms with Crippen LogP contribution in [0.1, 0.15) is 24.8 Å². The third-order valence-corrected chi connectivity index (χ3v) is 4.16. The van der Waals surface area contributed by atoms with Crippen LogP contribution in [0.2, 0.25) is 0 Å². The van der Waals surface area contributed by atoms with Crippen LogP contribution in [-0.4, -0.2) is 34.4 Å². The molecule has 0 unspecified atom stereocenters. The third kappa shape index (κ3) is 2.25. The zero-order valence-corrected chi connectivity index (χ0v) is 11.5. The summed E-state index contributed by atoms with van der Waals surface area (Å²) in [6.45, 7) is 0.742. The van der Waals surface area contributed by atoms with E-state index >= 15 is 0 Å². The molecule has 4 heteroatoms. The highest BCUT2D eigenvalue weighted by Crippen LogP contribution is 2.33. The molecule has 2 N–H and O–H groups in total. The summed E-state index contributed by atoms with van der Waals surface area (Å²) >= 11 is 0. The van der Waals surface area contributed by atoms with Crippen molar-refractivity contribution in [3.8, 4) is 0 Å². The lowest BCUT2D eigenvalue weighted by atomic mass is 9.91. The number of aliphatic hydroxyl groups excluding tert-OH is 2. The van der Waals surface area contributed by atoms with Gasteiger partial charge in [-0.1, -0.05) is 24.3 Å². The Hall–Kier alpha value is -1.65. The number of hydrogen-bond acceptors (Lipinski definition) is 4. The van der Waals surface area contributed by atoms with Gasteiger partial charge in [0.25, 0.3) is 0 Å². The molecule has 106 valence electrons. The second-order valence-electron chi connectivity index (χ2n) is 5.31. The normalized spacial score (nSPS) is 15.3. The minimum Gasteiger partial charge on any atom is -0.395 e. The first-order valence-corrected chi connectivity index (χ1v) is 7.20. The number of aromatic nitrogens is 1. The summed E-state index contributed by atoms with van der Waals surface area (Å²) in [5.41, 5.74) is 0.849. The first-order chi connectivity index (χ1) is 9.85. The molecular formula is C16H20N2O2. The molecule has 0 amide bonds. The maximum atomic E-state index is 9.44. The maximum Gasteiger partial charge on any atom is 0.136 e. The van der Waals surface area contributed by atoms with Gasteiger partial charge < -0.3 is 15.1 Å². The van der Waals surface area contributed by atoms with E-state index in [4.69, 9.17) is 0 Å². The molecule has 2 aromatic rings. The van der Waals surface area contributed by atoms with Crippen LogP contribution >= 0.6 is 0 Å². The van der Waals surface area contributed by atoms with Crippen molar-refractivity contribution in [2.45, 2.75) is 31.9 Å². The number of hydrogen-bond donors (Lipinski definition) is 2. The minimum atomic E-state index is -0.00276. The van der Waals surface area contributed by atoms with E-state index in [1.165, 1.54) is 6.42 Å². The molecule has 1 aliphatic carbocycles. The van der Waals surface area contributed by atoms with Crippen molar-refractivity contribution >= 4 is 16.6 Å². The lowest BCUT2D eigenvalue weighted by Gasteiger charge is -2.38. The molecule has 3 rings (SSSR count). The van der Waals surface area contributed by atoms with Crippen LogP contribution in [0.3, 0.4) is 0 Å². The van der Waals surface area contributed by atoms with Crippen LogP contribution < -0.4 is 4.90 Å². The van der Waals surface area contributed by atoms with Crippen LogP contribution in [0.25, 0.3) is 10.8 Å². The van der Waals surface area contributed by atoms with Gasteiger partial charge in [-0.2, -0.15) is 0 Å². The van der Waals surface area contributed by atoms with Gasteiger partial charge in [-0.25, -0.2) is 4.98 Å². The van der Waals surface area contributed by atoms with E-state index in [0.717, 1.165) is 35.0 Å². The molecule has 1 aliphatic rings. The number of aliphatic hydroxyl groups is 2. The Morgan fingerprint density at radius 2 is 1.90 bits per heavy atom. The number of rotatable bonds is 5. The summed E-state index contributed by atoms with van der Waals surface area (Å²) in [7, 11) is 0. The van der Waals surface area contributed by atoms with Crippen molar-refractivity contribution in [2.24, 2.45) is 0 Å². The molecule has 0 saturated heterocycles. The lowest BCUT2D eigenvalue weighted by molar-refractivity contribution is 0.281. The smallest absolute Gasteiger partial charge is 0.136 e. The second-order valence-corrected chi connectivity index (χ2v) is 5.31. The lowest BCUT2D eigenvalue weighted by Crippen LogP contribution is -2.42. The highest BCUT2D eigenvalue weighted by Gasteiger charge is 2.26. The summed E-state index contributed by atoms with van der Waals surface area (Å²) in [4.78, 5) is 6.77. The van der Waals surface area contributed by atoms with Gasteiger partial charge in [-0.05, 0) is 24.6 Å². The highest BCUT2D eigenvalue weighted by atomic mass is 16.3. The zero-order valence-electron chi connectivity index (χ0n) is 11.5. The largest absolute Gasteiger partial charge is 0.395 e. The molecule has 0 bridgehead atoms. The molecule has 0 atom stereocenters. The van der Waals surface area contributed by atoms with Crippen molar-refractivity contribution in [3.05, 3.63) is 36.0 Å². The first kappa shape index (κ1) is 13.3. The molecule has 0 radical (unpaired) electrons. The summed E-state index contributed by atoms with van der Waals surface area (Å²) < 4.78 is 0. The van der Waals surface area contributed by atoms with Gasteiger partial charge in [0, 0.05) is 29.7 Å². The fourth-order valence-corrected chi connectivity index (χ4v) is 2.86. The Morgan fingerprint density at radius 1 is 1.15 bits per heavy atom. The Balaban J connectivity index is 2.09. The Morgan fingerprint density at radius 3 is 2.50 bits per heavy atom. The number of fused-ring (bicyclic) bond motifs is 1. The van der Waals surface area contributed by atoms with Gasteiger partial charge in [0.05, 0.1) is 13.2 Å². The van der Waals surface area contributed by atoms with Crippen molar-refractivity contribution in [1.82, 2.24) is 4.98 Å². The monoisotopic (exact) mass is 272 g/mol. The third-order valence-electron chi connectivity index (χ3n) is 4.16. The van der Waals surface area contributed by atoms with Crippen molar-refractivity contribution in [1.29, 1.82) is 0 Å². The Labute approximate surface area is 118 Å². The first-order valence-electron chi connectivity index (χ1n) is 7.20. The minimum absolute atomic E-state index is 0.00276. The van der Waals surface area contributed by atoms with Crippen LogP contribution in [-0.2, 0) is 6.61 Å². The van der Waals surface area contributed by atoms with Gasteiger partial charge in [-0.3, -0.25) is 0 Å². The fraction of sp³-hybridized carbons (Fsp3) is 0.438. The van der Waals surface area contributed by atoms with Gasteiger partial charge in [0.15, 0.2) is 0 Å². The quantitative estimate of drug-likeness (QED) is 0.875. The maximum absolute atomic E-state index is 9.44. The average molecular weight is 272 g/mol. The number of nitrogens with zero attached hydrogens (tertiary/aromatic N) is 2. The van der Waals surface area contributed by atoms with Gasteiger partial charge in [0.2, 0.25) is 0 Å². The topological polar surface area (TPSA) is 56.6 Å². The molecule has 1 heterocycles. The molecule has 1 aromatic heterocycles. The molecule has 20 heavy (non-hydrogen) atoms. The Kier molecular flexibility index (Phi) is 3.85. The van der Waals surface area contributed by atoms with Gasteiger partial charge in [0.1, 0.15) is 5.82 Å². The average Bonchev–Trinajstić information content (AvgIpc) is 2.44. The Bertz CT molecular complexity index is 596. The van der Waals surface area contributed by atoms with E-state index in [2.05, 4.69) is 9.88 Å². The van der Waals surface area contributed by atoms with E-state index in [0.29, 0.717) is 12.6 Å². The van der Waals surface area contributed by atoms with Crippen LogP contribution in [0.4, 0.5) is 5.82 Å². The predicted octanol–water partition coefficient (Wildman–Crippen LogP) is 2.08. The molecule has 0 spiro atoms. The fourth-order valence-electron chi connectivity index (χ4n) is 2.86. The van der Waals surface area contributed by atoms with E-state index < -0.39 is 0 Å². The number of benzene rings is 1. The molecular weight excluding hydrogens is 252 g/mol. The van der Waals surface area contributed by atoms with Crippen LogP contribution in [0.15, 0.2) is 30.5 Å². The predicted molar refractivity (Wildman–Crippen MR) is 79.7 cm³/mol. The van der Waals surface area contributed by atoms with Crippen LogP contribution in [0, 0.1) is 0 Å². The molecule has 4 nitrogen and oxygen atoms in total. The number of pyridine rings is 1. The molecule has 1 fully saturated rings. The molecule has 1 saturated carbocycles. The molecule has 1 aromatic carbocycles. The van der Waals surface area contributed by atoms with E-state index in [1.807, 2.05) is 24.3 Å². The van der Waals surface area contributed by atoms with Gasteiger partial charge >= 0.3 is 0 Å². The zero-order chi connectivity index (χ0) is 13.9. The molecule has 0 aliphatic heterocycles. The number of anilines is 1. The summed E-state index contributed by atoms with van der Waals surface area (Å²) in [5.74, 6) is 0.927. The summed E-state index contributed by atoms with van der Waals surface area (Å²) in [6.07, 6.45) is 5.33. The van der Waals surface area contributed by atoms with E-state index in [1.54, 1.807) is 6.20 Å². The van der Waals surface area contributed by atoms with Gasteiger partial charge in [-0.15, -0.1) is 0 Å². The SMILES string of the molecule is OCCN(c1ncc(CO)c2ccccc12)C1CCC1.